The van der Waals surface area contributed by atoms with E-state index in [-0.39, 0.29) is 12.4 Å². The molecule has 1 fully saturated rings. The molecule has 152 valence electrons. The number of ether oxygens (including phenoxy) is 1. The van der Waals surface area contributed by atoms with Crippen LogP contribution in [0.25, 0.3) is 0 Å². The first-order chi connectivity index (χ1) is 13.0. The zero-order valence-electron chi connectivity index (χ0n) is 16.4. The van der Waals surface area contributed by atoms with Gasteiger partial charge in [0.15, 0.2) is 5.96 Å². The smallest absolute Gasteiger partial charge is 0.191 e. The Labute approximate surface area is 163 Å². The van der Waals surface area contributed by atoms with E-state index in [1.165, 1.54) is 24.7 Å². The summed E-state index contributed by atoms with van der Waals surface area (Å²) in [4.78, 5) is 6.76. The van der Waals surface area contributed by atoms with Crippen molar-refractivity contribution in [1.29, 1.82) is 0 Å². The number of aliphatic imine (C=N–C) groups is 1. The van der Waals surface area contributed by atoms with Crippen LogP contribution in [0.3, 0.4) is 0 Å². The van der Waals surface area contributed by atoms with Crippen molar-refractivity contribution in [3.05, 3.63) is 35.9 Å². The third-order valence-electron chi connectivity index (χ3n) is 4.59. The van der Waals surface area contributed by atoms with Gasteiger partial charge in [-0.25, -0.2) is 8.42 Å². The van der Waals surface area contributed by atoms with Crippen molar-refractivity contribution in [3.8, 4) is 0 Å². The highest BCUT2D eigenvalue weighted by Gasteiger charge is 2.24. The molecule has 0 amide bonds. The highest BCUT2D eigenvalue weighted by atomic mass is 32.2. The zero-order valence-corrected chi connectivity index (χ0v) is 17.2. The van der Waals surface area contributed by atoms with Gasteiger partial charge >= 0.3 is 0 Å². The van der Waals surface area contributed by atoms with E-state index in [0.717, 1.165) is 25.6 Å². The number of sulfone groups is 1. The SMILES string of the molecule is CN=C(NCCOCCS(C)(=O)=O)NCC1CCCN1Cc1ccccc1. The van der Waals surface area contributed by atoms with Crippen LogP contribution < -0.4 is 10.6 Å². The molecule has 27 heavy (non-hydrogen) atoms. The Morgan fingerprint density at radius 3 is 2.74 bits per heavy atom. The van der Waals surface area contributed by atoms with Gasteiger partial charge in [-0.1, -0.05) is 30.3 Å². The summed E-state index contributed by atoms with van der Waals surface area (Å²) in [6, 6.07) is 11.1. The Bertz CT molecular complexity index is 679. The lowest BCUT2D eigenvalue weighted by molar-refractivity contribution is 0.154. The molecule has 1 saturated heterocycles. The van der Waals surface area contributed by atoms with E-state index in [1.807, 2.05) is 6.07 Å². The molecule has 0 bridgehead atoms. The number of hydrogen-bond donors (Lipinski definition) is 2. The van der Waals surface area contributed by atoms with E-state index in [4.69, 9.17) is 4.74 Å². The highest BCUT2D eigenvalue weighted by molar-refractivity contribution is 7.90. The second kappa shape index (κ2) is 11.3. The Morgan fingerprint density at radius 1 is 1.26 bits per heavy atom. The Hall–Kier alpha value is -1.64. The topological polar surface area (TPSA) is 83.0 Å². The minimum Gasteiger partial charge on any atom is -0.379 e. The quantitative estimate of drug-likeness (QED) is 0.347. The molecular formula is C19H32N4O3S. The van der Waals surface area contributed by atoms with Crippen molar-refractivity contribution >= 4 is 15.8 Å². The molecule has 1 atom stereocenters. The summed E-state index contributed by atoms with van der Waals surface area (Å²) in [7, 11) is -1.22. The minimum atomic E-state index is -2.96. The maximum atomic E-state index is 11.0. The molecule has 0 aromatic heterocycles. The summed E-state index contributed by atoms with van der Waals surface area (Å²) in [6.07, 6.45) is 3.62. The number of nitrogens with one attached hydrogen (secondary N) is 2. The monoisotopic (exact) mass is 396 g/mol. The molecule has 0 saturated carbocycles. The Kier molecular flexibility index (Phi) is 9.03. The minimum absolute atomic E-state index is 0.0545. The molecule has 1 aromatic rings. The van der Waals surface area contributed by atoms with Gasteiger partial charge in [0.25, 0.3) is 0 Å². The van der Waals surface area contributed by atoms with Gasteiger partial charge in [0.2, 0.25) is 0 Å². The van der Waals surface area contributed by atoms with Gasteiger partial charge in [0.05, 0.1) is 19.0 Å². The third kappa shape index (κ3) is 8.73. The van der Waals surface area contributed by atoms with Gasteiger partial charge in [-0.2, -0.15) is 0 Å². The van der Waals surface area contributed by atoms with Crippen LogP contribution in [0.2, 0.25) is 0 Å². The zero-order chi connectivity index (χ0) is 19.5. The van der Waals surface area contributed by atoms with Crippen molar-refractivity contribution in [1.82, 2.24) is 15.5 Å². The van der Waals surface area contributed by atoms with Crippen LogP contribution in [0.5, 0.6) is 0 Å². The van der Waals surface area contributed by atoms with Crippen LogP contribution in [-0.2, 0) is 21.1 Å². The Morgan fingerprint density at radius 2 is 2.04 bits per heavy atom. The van der Waals surface area contributed by atoms with E-state index < -0.39 is 9.84 Å². The van der Waals surface area contributed by atoms with Crippen LogP contribution in [0.4, 0.5) is 0 Å². The molecule has 1 unspecified atom stereocenters. The van der Waals surface area contributed by atoms with Gasteiger partial charge in [-0.05, 0) is 24.9 Å². The average molecular weight is 397 g/mol. The van der Waals surface area contributed by atoms with Crippen molar-refractivity contribution in [3.63, 3.8) is 0 Å². The molecule has 1 aliphatic heterocycles. The fourth-order valence-electron chi connectivity index (χ4n) is 3.14. The van der Waals surface area contributed by atoms with Crippen molar-refractivity contribution in [2.45, 2.75) is 25.4 Å². The molecule has 0 spiro atoms. The number of rotatable bonds is 10. The fourth-order valence-corrected chi connectivity index (χ4v) is 3.56. The molecule has 0 radical (unpaired) electrons. The van der Waals surface area contributed by atoms with Crippen LogP contribution in [0.1, 0.15) is 18.4 Å². The maximum absolute atomic E-state index is 11.0. The highest BCUT2D eigenvalue weighted by Crippen LogP contribution is 2.19. The van der Waals surface area contributed by atoms with E-state index in [2.05, 4.69) is 44.8 Å². The van der Waals surface area contributed by atoms with Crippen LogP contribution >= 0.6 is 0 Å². The number of hydrogen-bond acceptors (Lipinski definition) is 5. The maximum Gasteiger partial charge on any atom is 0.191 e. The first-order valence-corrected chi connectivity index (χ1v) is 11.5. The summed E-state index contributed by atoms with van der Waals surface area (Å²) in [5.41, 5.74) is 1.35. The molecule has 2 N–H and O–H groups in total. The molecule has 1 heterocycles. The lowest BCUT2D eigenvalue weighted by Gasteiger charge is -2.25. The second-order valence-electron chi connectivity index (χ2n) is 6.87. The molecule has 8 heteroatoms. The van der Waals surface area contributed by atoms with E-state index in [0.29, 0.717) is 19.2 Å². The van der Waals surface area contributed by atoms with Crippen molar-refractivity contribution in [2.75, 3.05) is 51.9 Å². The predicted molar refractivity (Wildman–Crippen MR) is 110 cm³/mol. The molecule has 1 aliphatic rings. The molecule has 1 aromatic carbocycles. The number of nitrogens with zero attached hydrogens (tertiary/aromatic N) is 2. The van der Waals surface area contributed by atoms with Crippen LogP contribution in [0, 0.1) is 0 Å². The van der Waals surface area contributed by atoms with E-state index in [9.17, 15) is 8.42 Å². The Balaban J connectivity index is 1.65. The third-order valence-corrected chi connectivity index (χ3v) is 5.50. The summed E-state index contributed by atoms with van der Waals surface area (Å²) in [5, 5.41) is 6.59. The van der Waals surface area contributed by atoms with Gasteiger partial charge in [0, 0.05) is 39.0 Å². The second-order valence-corrected chi connectivity index (χ2v) is 9.13. The summed E-state index contributed by atoms with van der Waals surface area (Å²) in [6.45, 7) is 4.21. The lowest BCUT2D eigenvalue weighted by atomic mass is 10.2. The van der Waals surface area contributed by atoms with Crippen molar-refractivity contribution in [2.24, 2.45) is 4.99 Å². The average Bonchev–Trinajstić information content (AvgIpc) is 3.07. The van der Waals surface area contributed by atoms with Crippen LogP contribution in [-0.4, -0.2) is 77.2 Å². The summed E-state index contributed by atoms with van der Waals surface area (Å²) in [5.74, 6) is 0.798. The van der Waals surface area contributed by atoms with Gasteiger partial charge in [-0.3, -0.25) is 9.89 Å². The molecule has 7 nitrogen and oxygen atoms in total. The summed E-state index contributed by atoms with van der Waals surface area (Å²) >= 11 is 0. The van der Waals surface area contributed by atoms with E-state index >= 15 is 0 Å². The van der Waals surface area contributed by atoms with Gasteiger partial charge in [-0.15, -0.1) is 0 Å². The standard InChI is InChI=1S/C19H32N4O3S/c1-20-19(21-10-12-26-13-14-27(2,24)25)22-15-18-9-6-11-23(18)16-17-7-4-3-5-8-17/h3-5,7-8,18H,6,9-16H2,1-2H3,(H2,20,21,22). The van der Waals surface area contributed by atoms with Crippen molar-refractivity contribution < 1.29 is 13.2 Å². The molecule has 0 aliphatic carbocycles. The normalized spacial score (nSPS) is 18.6. The summed E-state index contributed by atoms with van der Waals surface area (Å²) < 4.78 is 27.4. The number of benzene rings is 1. The lowest BCUT2D eigenvalue weighted by Crippen LogP contribution is -2.45. The molecular weight excluding hydrogens is 364 g/mol. The predicted octanol–water partition coefficient (Wildman–Crippen LogP) is 0.877. The number of likely N-dealkylation sites (tertiary alicyclic amines) is 1. The van der Waals surface area contributed by atoms with E-state index in [1.54, 1.807) is 7.05 Å². The van der Waals surface area contributed by atoms with Crippen LogP contribution in [0.15, 0.2) is 35.3 Å². The largest absolute Gasteiger partial charge is 0.379 e. The van der Waals surface area contributed by atoms with Gasteiger partial charge < -0.3 is 15.4 Å². The molecule has 2 rings (SSSR count). The number of guanidine groups is 1. The van der Waals surface area contributed by atoms with Gasteiger partial charge in [0.1, 0.15) is 9.84 Å². The fraction of sp³-hybridized carbons (Fsp3) is 0.632. The first kappa shape index (κ1) is 21.7. The first-order valence-electron chi connectivity index (χ1n) is 9.46.